The van der Waals surface area contributed by atoms with Crippen LogP contribution in [0.5, 0.6) is 5.75 Å². The monoisotopic (exact) mass is 274 g/mol. The molecule has 0 unspecified atom stereocenters. The molecule has 3 N–H and O–H groups in total. The van der Waals surface area contributed by atoms with E-state index in [0.29, 0.717) is 17.2 Å². The molecule has 0 saturated carbocycles. The van der Waals surface area contributed by atoms with E-state index in [9.17, 15) is 4.79 Å². The van der Waals surface area contributed by atoms with Crippen molar-refractivity contribution in [1.82, 2.24) is 9.78 Å². The van der Waals surface area contributed by atoms with Gasteiger partial charge in [0.15, 0.2) is 5.82 Å². The Bertz CT molecular complexity index is 617. The van der Waals surface area contributed by atoms with Crippen LogP contribution in [0, 0.1) is 6.92 Å². The molecule has 0 radical (unpaired) electrons. The van der Waals surface area contributed by atoms with E-state index in [0.717, 1.165) is 11.3 Å². The molecule has 0 fully saturated rings. The van der Waals surface area contributed by atoms with Crippen LogP contribution in [-0.4, -0.2) is 22.8 Å². The van der Waals surface area contributed by atoms with E-state index in [2.05, 4.69) is 10.4 Å². The first-order valence-corrected chi connectivity index (χ1v) is 6.23. The zero-order valence-corrected chi connectivity index (χ0v) is 11.8. The number of aryl methyl sites for hydroxylation is 2. The Balaban J connectivity index is 2.05. The van der Waals surface area contributed by atoms with Crippen molar-refractivity contribution in [2.24, 2.45) is 7.05 Å². The Morgan fingerprint density at radius 2 is 2.05 bits per heavy atom. The van der Waals surface area contributed by atoms with Gasteiger partial charge in [-0.25, -0.2) is 0 Å². The molecule has 20 heavy (non-hydrogen) atoms. The standard InChI is InChI=1S/C14H18N4O2/c1-9-13(15)14(18(2)17-9)16-12(19)8-10-4-6-11(20-3)7-5-10/h4-7H,8,15H2,1-3H3,(H,16,19). The molecule has 0 saturated heterocycles. The Kier molecular flexibility index (Phi) is 3.93. The maximum atomic E-state index is 12.0. The van der Waals surface area contributed by atoms with Gasteiger partial charge in [-0.15, -0.1) is 0 Å². The van der Waals surface area contributed by atoms with Crippen molar-refractivity contribution in [3.63, 3.8) is 0 Å². The maximum absolute atomic E-state index is 12.0. The number of benzene rings is 1. The minimum atomic E-state index is -0.134. The summed E-state index contributed by atoms with van der Waals surface area (Å²) in [5.41, 5.74) is 7.97. The number of nitrogens with zero attached hydrogens (tertiary/aromatic N) is 2. The van der Waals surface area contributed by atoms with Gasteiger partial charge in [0, 0.05) is 7.05 Å². The average Bonchev–Trinajstić information content (AvgIpc) is 2.66. The van der Waals surface area contributed by atoms with Crippen molar-refractivity contribution in [3.8, 4) is 5.75 Å². The van der Waals surface area contributed by atoms with Crippen LogP contribution < -0.4 is 15.8 Å². The first-order chi connectivity index (χ1) is 9.51. The minimum absolute atomic E-state index is 0.134. The summed E-state index contributed by atoms with van der Waals surface area (Å²) in [6.45, 7) is 1.80. The van der Waals surface area contributed by atoms with Crippen LogP contribution in [0.1, 0.15) is 11.3 Å². The van der Waals surface area contributed by atoms with Gasteiger partial charge in [0.1, 0.15) is 5.75 Å². The van der Waals surface area contributed by atoms with Gasteiger partial charge in [0.05, 0.1) is 24.9 Å². The number of rotatable bonds is 4. The Hall–Kier alpha value is -2.50. The molecule has 6 heteroatoms. The second-order valence-corrected chi connectivity index (χ2v) is 4.54. The number of carbonyl (C=O) groups excluding carboxylic acids is 1. The van der Waals surface area contributed by atoms with Crippen molar-refractivity contribution in [2.45, 2.75) is 13.3 Å². The number of amides is 1. The molecule has 6 nitrogen and oxygen atoms in total. The van der Waals surface area contributed by atoms with Crippen LogP contribution in [0.2, 0.25) is 0 Å². The summed E-state index contributed by atoms with van der Waals surface area (Å²) in [7, 11) is 3.35. The summed E-state index contributed by atoms with van der Waals surface area (Å²) >= 11 is 0. The molecule has 0 aliphatic heterocycles. The predicted molar refractivity (Wildman–Crippen MR) is 77.7 cm³/mol. The number of hydrogen-bond acceptors (Lipinski definition) is 4. The molecule has 0 bridgehead atoms. The normalized spacial score (nSPS) is 10.3. The van der Waals surface area contributed by atoms with E-state index >= 15 is 0 Å². The largest absolute Gasteiger partial charge is 0.497 e. The number of nitrogens with two attached hydrogens (primary N) is 1. The lowest BCUT2D eigenvalue weighted by Gasteiger charge is -2.07. The lowest BCUT2D eigenvalue weighted by atomic mass is 10.1. The summed E-state index contributed by atoms with van der Waals surface area (Å²) in [6.07, 6.45) is 0.271. The first kappa shape index (κ1) is 13.9. The minimum Gasteiger partial charge on any atom is -0.497 e. The van der Waals surface area contributed by atoms with Gasteiger partial charge in [-0.05, 0) is 24.6 Å². The smallest absolute Gasteiger partial charge is 0.229 e. The fraction of sp³-hybridized carbons (Fsp3) is 0.286. The zero-order valence-electron chi connectivity index (χ0n) is 11.8. The molecule has 1 aromatic carbocycles. The lowest BCUT2D eigenvalue weighted by Crippen LogP contribution is -2.17. The van der Waals surface area contributed by atoms with Gasteiger partial charge in [-0.1, -0.05) is 12.1 Å². The summed E-state index contributed by atoms with van der Waals surface area (Å²) in [5.74, 6) is 1.16. The number of nitrogen functional groups attached to an aromatic ring is 1. The quantitative estimate of drug-likeness (QED) is 0.885. The molecule has 0 atom stereocenters. The summed E-state index contributed by atoms with van der Waals surface area (Å²) in [5, 5.41) is 6.94. The third-order valence-electron chi connectivity index (χ3n) is 3.05. The number of hydrogen-bond donors (Lipinski definition) is 2. The lowest BCUT2D eigenvalue weighted by molar-refractivity contribution is -0.115. The Labute approximate surface area is 117 Å². The van der Waals surface area contributed by atoms with Crippen molar-refractivity contribution in [2.75, 3.05) is 18.2 Å². The van der Waals surface area contributed by atoms with Gasteiger partial charge in [-0.2, -0.15) is 5.10 Å². The van der Waals surface area contributed by atoms with Crippen LogP contribution in [0.15, 0.2) is 24.3 Å². The van der Waals surface area contributed by atoms with Crippen molar-refractivity contribution < 1.29 is 9.53 Å². The van der Waals surface area contributed by atoms with Crippen molar-refractivity contribution in [3.05, 3.63) is 35.5 Å². The zero-order chi connectivity index (χ0) is 14.7. The van der Waals surface area contributed by atoms with E-state index in [4.69, 9.17) is 10.5 Å². The number of anilines is 2. The molecule has 1 aromatic heterocycles. The highest BCUT2D eigenvalue weighted by Gasteiger charge is 2.13. The highest BCUT2D eigenvalue weighted by Crippen LogP contribution is 2.21. The number of ether oxygens (including phenoxy) is 1. The van der Waals surface area contributed by atoms with Crippen LogP contribution in [-0.2, 0) is 18.3 Å². The van der Waals surface area contributed by atoms with Crippen molar-refractivity contribution >= 4 is 17.4 Å². The second kappa shape index (κ2) is 5.64. The third-order valence-corrected chi connectivity index (χ3v) is 3.05. The predicted octanol–water partition coefficient (Wildman–Crippen LogP) is 1.50. The van der Waals surface area contributed by atoms with Gasteiger partial charge in [-0.3, -0.25) is 9.48 Å². The second-order valence-electron chi connectivity index (χ2n) is 4.54. The fourth-order valence-corrected chi connectivity index (χ4v) is 1.93. The molecule has 106 valence electrons. The molecule has 1 heterocycles. The number of carbonyl (C=O) groups is 1. The Morgan fingerprint density at radius 3 is 2.55 bits per heavy atom. The SMILES string of the molecule is COc1ccc(CC(=O)Nc2c(N)c(C)nn2C)cc1. The Morgan fingerprint density at radius 1 is 1.40 bits per heavy atom. The summed E-state index contributed by atoms with van der Waals surface area (Å²) in [6, 6.07) is 7.36. The van der Waals surface area contributed by atoms with Crippen LogP contribution in [0.4, 0.5) is 11.5 Å². The molecule has 1 amide bonds. The van der Waals surface area contributed by atoms with E-state index < -0.39 is 0 Å². The molecule has 0 aliphatic rings. The number of nitrogens with one attached hydrogen (secondary N) is 1. The number of methoxy groups -OCH3 is 1. The summed E-state index contributed by atoms with van der Waals surface area (Å²) in [4.78, 5) is 12.0. The van der Waals surface area contributed by atoms with Crippen LogP contribution >= 0.6 is 0 Å². The first-order valence-electron chi connectivity index (χ1n) is 6.23. The fourth-order valence-electron chi connectivity index (χ4n) is 1.93. The molecule has 2 aromatic rings. The average molecular weight is 274 g/mol. The van der Waals surface area contributed by atoms with Gasteiger partial charge in [0.25, 0.3) is 0 Å². The molecular formula is C14H18N4O2. The topological polar surface area (TPSA) is 82.2 Å². The van der Waals surface area contributed by atoms with E-state index in [-0.39, 0.29) is 12.3 Å². The molecule has 2 rings (SSSR count). The molecule has 0 spiro atoms. The van der Waals surface area contributed by atoms with Gasteiger partial charge < -0.3 is 15.8 Å². The van der Waals surface area contributed by atoms with E-state index in [1.165, 1.54) is 0 Å². The molecule has 0 aliphatic carbocycles. The van der Waals surface area contributed by atoms with Crippen LogP contribution in [0.25, 0.3) is 0 Å². The van der Waals surface area contributed by atoms with Crippen LogP contribution in [0.3, 0.4) is 0 Å². The molecular weight excluding hydrogens is 256 g/mol. The van der Waals surface area contributed by atoms with E-state index in [1.807, 2.05) is 24.3 Å². The van der Waals surface area contributed by atoms with Gasteiger partial charge >= 0.3 is 0 Å². The van der Waals surface area contributed by atoms with Gasteiger partial charge in [0.2, 0.25) is 5.91 Å². The third kappa shape index (κ3) is 2.90. The maximum Gasteiger partial charge on any atom is 0.229 e. The van der Waals surface area contributed by atoms with E-state index in [1.54, 1.807) is 25.8 Å². The highest BCUT2D eigenvalue weighted by molar-refractivity contribution is 5.94. The highest BCUT2D eigenvalue weighted by atomic mass is 16.5. The number of aromatic nitrogens is 2. The summed E-state index contributed by atoms with van der Waals surface area (Å²) < 4.78 is 6.64. The van der Waals surface area contributed by atoms with Crippen molar-refractivity contribution in [1.29, 1.82) is 0 Å².